The van der Waals surface area contributed by atoms with Crippen LogP contribution in [0.1, 0.15) is 29.2 Å². The Morgan fingerprint density at radius 1 is 1.30 bits per heavy atom. The van der Waals surface area contributed by atoms with Gasteiger partial charge in [-0.05, 0) is 51.2 Å². The Kier molecular flexibility index (Phi) is 4.49. The van der Waals surface area contributed by atoms with E-state index in [4.69, 9.17) is 0 Å². The van der Waals surface area contributed by atoms with Gasteiger partial charge in [-0.2, -0.15) is 5.10 Å². The molecule has 0 bridgehead atoms. The van der Waals surface area contributed by atoms with Crippen LogP contribution in [0.15, 0.2) is 41.5 Å². The smallest absolute Gasteiger partial charge is 0.256 e. The van der Waals surface area contributed by atoms with Gasteiger partial charge in [-0.1, -0.05) is 0 Å². The van der Waals surface area contributed by atoms with E-state index in [2.05, 4.69) is 27.3 Å². The van der Waals surface area contributed by atoms with Crippen molar-refractivity contribution in [2.75, 3.05) is 25.5 Å². The summed E-state index contributed by atoms with van der Waals surface area (Å²) >= 11 is 0. The van der Waals surface area contributed by atoms with E-state index in [1.165, 1.54) is 24.3 Å². The number of nitrogens with one attached hydrogen (secondary N) is 2. The van der Waals surface area contributed by atoms with Crippen molar-refractivity contribution in [2.24, 2.45) is 0 Å². The van der Waals surface area contributed by atoms with Crippen LogP contribution >= 0.6 is 0 Å². The Balaban J connectivity index is 1.57. The number of aromatic amines is 1. The molecule has 3 aromatic rings. The summed E-state index contributed by atoms with van der Waals surface area (Å²) in [7, 11) is 2.10. The van der Waals surface area contributed by atoms with E-state index < -0.39 is 17.3 Å². The number of fused-ring (bicyclic) bond motifs is 1. The SMILES string of the molecule is CN1CCC(n2cc(NC(=O)c3cc(=O)[nH]c4ccc(F)cc34)cn2)CC1. The highest BCUT2D eigenvalue weighted by atomic mass is 19.1. The summed E-state index contributed by atoms with van der Waals surface area (Å²) < 4.78 is 15.5. The van der Waals surface area contributed by atoms with E-state index in [1.54, 1.807) is 12.4 Å². The Labute approximate surface area is 154 Å². The van der Waals surface area contributed by atoms with Crippen molar-refractivity contribution >= 4 is 22.5 Å². The quantitative estimate of drug-likeness (QED) is 0.743. The fourth-order valence-electron chi connectivity index (χ4n) is 3.47. The number of hydrogen-bond acceptors (Lipinski definition) is 4. The molecule has 7 nitrogen and oxygen atoms in total. The number of H-pyrrole nitrogens is 1. The summed E-state index contributed by atoms with van der Waals surface area (Å²) in [6.07, 6.45) is 5.39. The lowest BCUT2D eigenvalue weighted by molar-refractivity contribution is 0.102. The first-order valence-corrected chi connectivity index (χ1v) is 8.86. The number of halogens is 1. The Hall–Kier alpha value is -3.00. The number of hydrogen-bond donors (Lipinski definition) is 2. The second kappa shape index (κ2) is 6.96. The fourth-order valence-corrected chi connectivity index (χ4v) is 3.47. The van der Waals surface area contributed by atoms with Gasteiger partial charge in [-0.3, -0.25) is 14.3 Å². The highest BCUT2D eigenvalue weighted by Crippen LogP contribution is 2.23. The van der Waals surface area contributed by atoms with E-state index in [0.717, 1.165) is 25.9 Å². The van der Waals surface area contributed by atoms with Crippen molar-refractivity contribution in [1.82, 2.24) is 19.7 Å². The number of benzene rings is 1. The zero-order chi connectivity index (χ0) is 19.0. The summed E-state index contributed by atoms with van der Waals surface area (Å²) in [6, 6.07) is 5.41. The van der Waals surface area contributed by atoms with Crippen molar-refractivity contribution in [2.45, 2.75) is 18.9 Å². The summed E-state index contributed by atoms with van der Waals surface area (Å²) in [5, 5.41) is 7.47. The summed E-state index contributed by atoms with van der Waals surface area (Å²) in [6.45, 7) is 2.02. The number of anilines is 1. The molecule has 1 saturated heterocycles. The van der Waals surface area contributed by atoms with Gasteiger partial charge in [0.25, 0.3) is 5.91 Å². The second-order valence-electron chi connectivity index (χ2n) is 6.93. The van der Waals surface area contributed by atoms with Crippen molar-refractivity contribution in [3.8, 4) is 0 Å². The minimum absolute atomic E-state index is 0.125. The molecule has 2 N–H and O–H groups in total. The molecular formula is C19H20FN5O2. The van der Waals surface area contributed by atoms with E-state index in [-0.39, 0.29) is 5.56 Å². The molecule has 0 aliphatic carbocycles. The standard InChI is InChI=1S/C19H20FN5O2/c1-24-6-4-14(5-7-24)25-11-13(10-21-25)22-19(27)16-9-18(26)23-17-3-2-12(20)8-15(16)17/h2-3,8-11,14H,4-7H2,1H3,(H,22,27)(H,23,26). The van der Waals surface area contributed by atoms with Crippen LogP contribution in [0.3, 0.4) is 0 Å². The minimum atomic E-state index is -0.473. The number of carbonyl (C=O) groups excluding carboxylic acids is 1. The first-order valence-electron chi connectivity index (χ1n) is 8.86. The summed E-state index contributed by atoms with van der Waals surface area (Å²) in [5.74, 6) is -0.946. The lowest BCUT2D eigenvalue weighted by Crippen LogP contribution is -2.31. The van der Waals surface area contributed by atoms with Gasteiger partial charge in [-0.25, -0.2) is 4.39 Å². The maximum atomic E-state index is 13.6. The van der Waals surface area contributed by atoms with E-state index in [1.807, 2.05) is 4.68 Å². The van der Waals surface area contributed by atoms with Crippen LogP contribution in [-0.4, -0.2) is 45.7 Å². The molecule has 0 saturated carbocycles. The van der Waals surface area contributed by atoms with Gasteiger partial charge in [0, 0.05) is 23.2 Å². The van der Waals surface area contributed by atoms with Gasteiger partial charge in [0.2, 0.25) is 5.56 Å². The third-order valence-electron chi connectivity index (χ3n) is 4.97. The van der Waals surface area contributed by atoms with Crippen molar-refractivity contribution in [1.29, 1.82) is 0 Å². The minimum Gasteiger partial charge on any atom is -0.322 e. The van der Waals surface area contributed by atoms with Crippen LogP contribution < -0.4 is 10.9 Å². The molecule has 1 aliphatic rings. The average Bonchev–Trinajstić information content (AvgIpc) is 3.10. The van der Waals surface area contributed by atoms with Gasteiger partial charge in [-0.15, -0.1) is 0 Å². The zero-order valence-corrected chi connectivity index (χ0v) is 14.9. The summed E-state index contributed by atoms with van der Waals surface area (Å²) in [4.78, 5) is 29.4. The first-order chi connectivity index (χ1) is 13.0. The topological polar surface area (TPSA) is 83.0 Å². The van der Waals surface area contributed by atoms with Crippen molar-refractivity contribution < 1.29 is 9.18 Å². The lowest BCUT2D eigenvalue weighted by atomic mass is 10.1. The molecule has 0 spiro atoms. The normalized spacial score (nSPS) is 15.9. The number of likely N-dealkylation sites (tertiary alicyclic amines) is 1. The third kappa shape index (κ3) is 3.61. The molecule has 0 radical (unpaired) electrons. The monoisotopic (exact) mass is 369 g/mol. The van der Waals surface area contributed by atoms with Gasteiger partial charge in [0.05, 0.1) is 23.5 Å². The molecule has 140 valence electrons. The molecule has 0 unspecified atom stereocenters. The van der Waals surface area contributed by atoms with Crippen LogP contribution in [0.2, 0.25) is 0 Å². The molecule has 2 aromatic heterocycles. The predicted octanol–water partition coefficient (Wildman–Crippen LogP) is 2.38. The van der Waals surface area contributed by atoms with E-state index >= 15 is 0 Å². The van der Waals surface area contributed by atoms with Crippen molar-refractivity contribution in [3.05, 3.63) is 58.4 Å². The van der Waals surface area contributed by atoms with Crippen LogP contribution in [0.25, 0.3) is 10.9 Å². The maximum Gasteiger partial charge on any atom is 0.256 e. The van der Waals surface area contributed by atoms with E-state index in [0.29, 0.717) is 22.6 Å². The molecule has 0 atom stereocenters. The molecule has 1 amide bonds. The largest absolute Gasteiger partial charge is 0.322 e. The van der Waals surface area contributed by atoms with Gasteiger partial charge >= 0.3 is 0 Å². The van der Waals surface area contributed by atoms with Crippen LogP contribution in [0, 0.1) is 5.82 Å². The fraction of sp³-hybridized carbons (Fsp3) is 0.316. The Bertz CT molecular complexity index is 1050. The number of pyridine rings is 1. The third-order valence-corrected chi connectivity index (χ3v) is 4.97. The van der Waals surface area contributed by atoms with E-state index in [9.17, 15) is 14.0 Å². The van der Waals surface area contributed by atoms with Gasteiger partial charge < -0.3 is 15.2 Å². The van der Waals surface area contributed by atoms with Crippen molar-refractivity contribution in [3.63, 3.8) is 0 Å². The molecule has 27 heavy (non-hydrogen) atoms. The average molecular weight is 369 g/mol. The number of aromatic nitrogens is 3. The number of rotatable bonds is 3. The molecular weight excluding hydrogens is 349 g/mol. The molecule has 4 rings (SSSR count). The van der Waals surface area contributed by atoms with Crippen LogP contribution in [0.4, 0.5) is 10.1 Å². The maximum absolute atomic E-state index is 13.6. The number of carbonyl (C=O) groups is 1. The number of amides is 1. The van der Waals surface area contributed by atoms with Crippen LogP contribution in [0.5, 0.6) is 0 Å². The van der Waals surface area contributed by atoms with Gasteiger partial charge in [0.15, 0.2) is 0 Å². The first kappa shape index (κ1) is 17.4. The molecule has 1 aliphatic heterocycles. The second-order valence-corrected chi connectivity index (χ2v) is 6.93. The number of piperidine rings is 1. The molecule has 3 heterocycles. The predicted molar refractivity (Wildman–Crippen MR) is 100 cm³/mol. The number of nitrogens with zero attached hydrogens (tertiary/aromatic N) is 3. The molecule has 1 aromatic carbocycles. The highest BCUT2D eigenvalue weighted by Gasteiger charge is 2.20. The zero-order valence-electron chi connectivity index (χ0n) is 14.9. The summed E-state index contributed by atoms with van der Waals surface area (Å²) in [5.41, 5.74) is 0.668. The van der Waals surface area contributed by atoms with Crippen LogP contribution in [-0.2, 0) is 0 Å². The lowest BCUT2D eigenvalue weighted by Gasteiger charge is -2.28. The molecule has 1 fully saturated rings. The Morgan fingerprint density at radius 2 is 2.07 bits per heavy atom. The highest BCUT2D eigenvalue weighted by molar-refractivity contribution is 6.12. The van der Waals surface area contributed by atoms with Gasteiger partial charge in [0.1, 0.15) is 5.82 Å². The Morgan fingerprint density at radius 3 is 2.85 bits per heavy atom. The molecule has 8 heteroatoms.